The van der Waals surface area contributed by atoms with Gasteiger partial charge in [0.05, 0.1) is 18.6 Å². The Morgan fingerprint density at radius 2 is 2.00 bits per heavy atom. The smallest absolute Gasteiger partial charge is 0.311 e. The molecule has 2 saturated heterocycles. The summed E-state index contributed by atoms with van der Waals surface area (Å²) < 4.78 is 10.9. The first-order valence-corrected chi connectivity index (χ1v) is 9.81. The summed E-state index contributed by atoms with van der Waals surface area (Å²) in [5.41, 5.74) is -0.367. The number of likely N-dealkylation sites (tertiary alicyclic amines) is 1. The fourth-order valence-corrected chi connectivity index (χ4v) is 3.97. The number of carboxylic acids is 1. The van der Waals surface area contributed by atoms with Gasteiger partial charge in [0.25, 0.3) is 0 Å². The minimum absolute atomic E-state index is 0.0796. The molecule has 1 amide bonds. The number of hydrogen-bond acceptors (Lipinski definition) is 5. The summed E-state index contributed by atoms with van der Waals surface area (Å²) in [6, 6.07) is 6.93. The van der Waals surface area contributed by atoms with Crippen molar-refractivity contribution in [2.24, 2.45) is 11.3 Å². The van der Waals surface area contributed by atoms with Gasteiger partial charge in [0, 0.05) is 44.0 Å². The molecule has 0 saturated carbocycles. The second-order valence-electron chi connectivity index (χ2n) is 7.55. The number of benzene rings is 1. The first-order valence-electron chi connectivity index (χ1n) is 9.81. The normalized spacial score (nSPS) is 23.9. The molecule has 152 valence electrons. The minimum atomic E-state index is -0.910. The highest BCUT2D eigenvalue weighted by atomic mass is 16.5. The molecule has 2 atom stereocenters. The predicted molar refractivity (Wildman–Crippen MR) is 101 cm³/mol. The highest BCUT2D eigenvalue weighted by Crippen LogP contribution is 2.42. The average Bonchev–Trinajstić information content (AvgIpc) is 3.12. The van der Waals surface area contributed by atoms with Gasteiger partial charge in [0.1, 0.15) is 5.75 Å². The maximum absolute atomic E-state index is 12.6. The molecule has 0 aromatic heterocycles. The molecule has 2 aliphatic rings. The summed E-state index contributed by atoms with van der Waals surface area (Å²) in [5.74, 6) is -0.614. The second-order valence-corrected chi connectivity index (χ2v) is 7.55. The van der Waals surface area contributed by atoms with Gasteiger partial charge in [-0.3, -0.25) is 14.4 Å². The van der Waals surface area contributed by atoms with Crippen LogP contribution < -0.4 is 4.74 Å². The number of amides is 1. The van der Waals surface area contributed by atoms with Gasteiger partial charge in [-0.15, -0.1) is 0 Å². The lowest BCUT2D eigenvalue weighted by Gasteiger charge is -2.33. The third kappa shape index (κ3) is 4.19. The first-order chi connectivity index (χ1) is 13.5. The molecule has 2 fully saturated rings. The van der Waals surface area contributed by atoms with Crippen LogP contribution in [0.3, 0.4) is 0 Å². The van der Waals surface area contributed by atoms with E-state index in [9.17, 15) is 19.5 Å². The van der Waals surface area contributed by atoms with Gasteiger partial charge in [0.2, 0.25) is 5.91 Å². The van der Waals surface area contributed by atoms with Crippen molar-refractivity contribution in [3.63, 3.8) is 0 Å². The molecule has 7 nitrogen and oxygen atoms in total. The van der Waals surface area contributed by atoms with Crippen LogP contribution in [0.15, 0.2) is 24.3 Å². The van der Waals surface area contributed by atoms with E-state index in [1.165, 1.54) is 0 Å². The first kappa shape index (κ1) is 20.3. The van der Waals surface area contributed by atoms with Crippen LogP contribution in [0.1, 0.15) is 43.0 Å². The van der Waals surface area contributed by atoms with Gasteiger partial charge in [-0.05, 0) is 37.1 Å². The monoisotopic (exact) mass is 389 g/mol. The zero-order valence-corrected chi connectivity index (χ0v) is 16.2. The lowest BCUT2D eigenvalue weighted by Crippen LogP contribution is -2.45. The topological polar surface area (TPSA) is 93.1 Å². The summed E-state index contributed by atoms with van der Waals surface area (Å²) in [6.45, 7) is 4.00. The van der Waals surface area contributed by atoms with Crippen molar-refractivity contribution < 1.29 is 29.0 Å². The Kier molecular flexibility index (Phi) is 6.34. The molecule has 1 aromatic rings. The maximum Gasteiger partial charge on any atom is 0.311 e. The standard InChI is InChI=1S/C21H27NO6/c1-2-10-28-17-5-3-15(4-6-17)18(23)7-8-19(24)22-12-16-13-27-11-9-21(16,14-22)20(25)26/h3-6,16H,2,7-14H2,1H3,(H,25,26)/t16-,21+/m0/s1. The predicted octanol–water partition coefficient (Wildman–Crippen LogP) is 2.39. The average molecular weight is 389 g/mol. The molecule has 0 bridgehead atoms. The Labute approximate surface area is 164 Å². The van der Waals surface area contributed by atoms with Crippen molar-refractivity contribution in [3.05, 3.63) is 29.8 Å². The number of ether oxygens (including phenoxy) is 2. The van der Waals surface area contributed by atoms with E-state index in [2.05, 4.69) is 0 Å². The van der Waals surface area contributed by atoms with E-state index in [1.807, 2.05) is 6.92 Å². The molecule has 7 heteroatoms. The Bertz CT molecular complexity index is 731. The molecular formula is C21H27NO6. The van der Waals surface area contributed by atoms with Crippen molar-refractivity contribution in [1.82, 2.24) is 4.90 Å². The van der Waals surface area contributed by atoms with E-state index < -0.39 is 11.4 Å². The Hall–Kier alpha value is -2.41. The van der Waals surface area contributed by atoms with E-state index in [4.69, 9.17) is 9.47 Å². The molecule has 0 aliphatic carbocycles. The van der Waals surface area contributed by atoms with E-state index in [1.54, 1.807) is 29.2 Å². The summed E-state index contributed by atoms with van der Waals surface area (Å²) in [6.07, 6.45) is 1.51. The number of Topliss-reactive ketones (excluding diaryl/α,β-unsaturated/α-hetero) is 1. The number of rotatable bonds is 8. The van der Waals surface area contributed by atoms with Gasteiger partial charge < -0.3 is 19.5 Å². The van der Waals surface area contributed by atoms with Gasteiger partial charge in [-0.25, -0.2) is 0 Å². The van der Waals surface area contributed by atoms with E-state index in [0.717, 1.165) is 12.2 Å². The van der Waals surface area contributed by atoms with E-state index in [-0.39, 0.29) is 37.0 Å². The van der Waals surface area contributed by atoms with Gasteiger partial charge >= 0.3 is 5.97 Å². The SMILES string of the molecule is CCCOc1ccc(C(=O)CCC(=O)N2C[C@H]3COCC[C@@]3(C(=O)O)C2)cc1. The summed E-state index contributed by atoms with van der Waals surface area (Å²) in [7, 11) is 0. The number of carboxylic acid groups (broad SMARTS) is 1. The number of carbonyl (C=O) groups excluding carboxylic acids is 2. The number of nitrogens with zero attached hydrogens (tertiary/aromatic N) is 1. The molecule has 3 rings (SSSR count). The minimum Gasteiger partial charge on any atom is -0.494 e. The van der Waals surface area contributed by atoms with Gasteiger partial charge in [-0.1, -0.05) is 6.92 Å². The maximum atomic E-state index is 12.6. The highest BCUT2D eigenvalue weighted by Gasteiger charge is 2.54. The van der Waals surface area contributed by atoms with Crippen LogP contribution in [0.4, 0.5) is 0 Å². The molecule has 2 aliphatic heterocycles. The van der Waals surface area contributed by atoms with Crippen molar-refractivity contribution in [2.45, 2.75) is 32.6 Å². The zero-order chi connectivity index (χ0) is 20.1. The van der Waals surface area contributed by atoms with Crippen LogP contribution in [-0.2, 0) is 14.3 Å². The van der Waals surface area contributed by atoms with Crippen LogP contribution in [0, 0.1) is 11.3 Å². The van der Waals surface area contributed by atoms with E-state index >= 15 is 0 Å². The Morgan fingerprint density at radius 1 is 1.25 bits per heavy atom. The van der Waals surface area contributed by atoms with Crippen LogP contribution in [0.5, 0.6) is 5.75 Å². The van der Waals surface area contributed by atoms with Crippen molar-refractivity contribution in [1.29, 1.82) is 0 Å². The molecule has 1 aromatic carbocycles. The van der Waals surface area contributed by atoms with Crippen LogP contribution in [-0.4, -0.2) is 60.6 Å². The Balaban J connectivity index is 1.54. The van der Waals surface area contributed by atoms with Crippen molar-refractivity contribution >= 4 is 17.7 Å². The largest absolute Gasteiger partial charge is 0.494 e. The lowest BCUT2D eigenvalue weighted by molar-refractivity contribution is -0.157. The number of ketones is 1. The second kappa shape index (κ2) is 8.73. The van der Waals surface area contributed by atoms with Crippen molar-refractivity contribution in [2.75, 3.05) is 32.9 Å². The molecule has 28 heavy (non-hydrogen) atoms. The molecular weight excluding hydrogens is 362 g/mol. The molecule has 0 unspecified atom stereocenters. The van der Waals surface area contributed by atoms with Crippen LogP contribution >= 0.6 is 0 Å². The third-order valence-corrected chi connectivity index (χ3v) is 5.70. The van der Waals surface area contributed by atoms with E-state index in [0.29, 0.717) is 38.3 Å². The lowest BCUT2D eigenvalue weighted by atomic mass is 9.74. The number of hydrogen-bond donors (Lipinski definition) is 1. The number of aliphatic carboxylic acids is 1. The number of fused-ring (bicyclic) bond motifs is 1. The molecule has 2 heterocycles. The highest BCUT2D eigenvalue weighted by molar-refractivity contribution is 5.98. The summed E-state index contributed by atoms with van der Waals surface area (Å²) >= 11 is 0. The van der Waals surface area contributed by atoms with Crippen molar-refractivity contribution in [3.8, 4) is 5.75 Å². The molecule has 0 radical (unpaired) electrons. The fourth-order valence-electron chi connectivity index (χ4n) is 3.97. The quantitative estimate of drug-likeness (QED) is 0.686. The summed E-state index contributed by atoms with van der Waals surface area (Å²) in [5, 5.41) is 9.68. The third-order valence-electron chi connectivity index (χ3n) is 5.70. The van der Waals surface area contributed by atoms with Crippen LogP contribution in [0.25, 0.3) is 0 Å². The zero-order valence-electron chi connectivity index (χ0n) is 16.2. The summed E-state index contributed by atoms with van der Waals surface area (Å²) in [4.78, 5) is 38.4. The van der Waals surface area contributed by atoms with Gasteiger partial charge in [0.15, 0.2) is 5.78 Å². The van der Waals surface area contributed by atoms with Crippen LogP contribution in [0.2, 0.25) is 0 Å². The van der Waals surface area contributed by atoms with Gasteiger partial charge in [-0.2, -0.15) is 0 Å². The number of carbonyl (C=O) groups is 3. The molecule has 1 N–H and O–H groups in total. The fraction of sp³-hybridized carbons (Fsp3) is 0.571. The Morgan fingerprint density at radius 3 is 2.64 bits per heavy atom. The molecule has 0 spiro atoms.